The monoisotopic (exact) mass is 655 g/mol. The molecule has 0 spiro atoms. The minimum absolute atomic E-state index is 0. The molecule has 0 bridgehead atoms. The zero-order chi connectivity index (χ0) is 21.0. The van der Waals surface area contributed by atoms with Gasteiger partial charge in [-0.05, 0) is 0 Å². The van der Waals surface area contributed by atoms with E-state index in [2.05, 4.69) is 0 Å². The Kier molecular flexibility index (Phi) is 12.8. The third kappa shape index (κ3) is 16.0. The van der Waals surface area contributed by atoms with E-state index in [4.69, 9.17) is 38.9 Å². The fraction of sp³-hybridized carbons (Fsp3) is 1.00. The number of halogens is 9. The minimum atomic E-state index is -5.84. The molecule has 0 fully saturated rings. The molecule has 0 aromatic heterocycles. The maximum atomic E-state index is 10.7. The van der Waals surface area contributed by atoms with Crippen molar-refractivity contribution in [2.45, 2.75) is 16.5 Å². The third-order valence-electron chi connectivity index (χ3n) is 0.877. The van der Waals surface area contributed by atoms with Gasteiger partial charge in [0.1, 0.15) is 0 Å². The maximum absolute atomic E-state index is 10.7. The van der Waals surface area contributed by atoms with Gasteiger partial charge in [0, 0.05) is 27.3 Å². The topological polar surface area (TPSA) is 163 Å². The summed E-state index contributed by atoms with van der Waals surface area (Å²) in [6.07, 6.45) is 0. The van der Waals surface area contributed by atoms with E-state index >= 15 is 0 Å². The minimum Gasteiger partial charge on any atom is -0.279 e. The van der Waals surface area contributed by atoms with E-state index in [0.29, 0.717) is 0 Å². The van der Waals surface area contributed by atoms with E-state index in [1.807, 2.05) is 0 Å². The second kappa shape index (κ2) is 9.81. The standard InChI is InChI=1S/3CHF3O3S.Tl/c3*2-1(3,4)8(5,6)7;/h3*(H,5,6,7);. The quantitative estimate of drug-likeness (QED) is 0.148. The van der Waals surface area contributed by atoms with Gasteiger partial charge in [-0.15, -0.1) is 0 Å². The summed E-state index contributed by atoms with van der Waals surface area (Å²) < 4.78 is 173. The molecular formula is C3H3F9O9S3Tl. The molecule has 0 aromatic carbocycles. The van der Waals surface area contributed by atoms with Crippen LogP contribution >= 0.6 is 0 Å². The summed E-state index contributed by atoms with van der Waals surface area (Å²) in [5.74, 6) is 0. The first-order valence-electron chi connectivity index (χ1n) is 3.86. The molecule has 0 saturated heterocycles. The summed E-state index contributed by atoms with van der Waals surface area (Å²) in [5.41, 5.74) is -16.6. The van der Waals surface area contributed by atoms with Crippen LogP contribution in [0.3, 0.4) is 0 Å². The molecule has 0 saturated carbocycles. The first-order chi connectivity index (χ1) is 9.75. The molecule has 153 valence electrons. The largest absolute Gasteiger partial charge is 0.522 e. The molecule has 0 aliphatic carbocycles. The normalized spacial score (nSPS) is 13.4. The predicted octanol–water partition coefficient (Wildman–Crippen LogP) is 0.801. The van der Waals surface area contributed by atoms with E-state index in [1.165, 1.54) is 0 Å². The third-order valence-corrected chi connectivity index (χ3v) is 2.63. The Hall–Kier alpha value is 0.0221. The first-order valence-corrected chi connectivity index (χ1v) is 8.18. The molecule has 0 aromatic rings. The first kappa shape index (κ1) is 32.7. The van der Waals surface area contributed by atoms with Crippen molar-refractivity contribution >= 4 is 57.7 Å². The van der Waals surface area contributed by atoms with Gasteiger partial charge in [0.15, 0.2) is 0 Å². The van der Waals surface area contributed by atoms with Crippen molar-refractivity contribution in [2.75, 3.05) is 0 Å². The Bertz CT molecular complexity index is 596. The number of hydrogen-bond donors (Lipinski definition) is 3. The Morgan fingerprint density at radius 2 is 0.480 bits per heavy atom. The number of hydrogen-bond acceptors (Lipinski definition) is 6. The average Bonchev–Trinajstić information content (AvgIpc) is 2.08. The van der Waals surface area contributed by atoms with Gasteiger partial charge in [-0.3, -0.25) is 13.7 Å². The molecule has 0 aliphatic rings. The van der Waals surface area contributed by atoms with Gasteiger partial charge < -0.3 is 0 Å². The summed E-state index contributed by atoms with van der Waals surface area (Å²) >= 11 is 0. The van der Waals surface area contributed by atoms with Crippen LogP contribution in [-0.2, 0) is 30.4 Å². The number of rotatable bonds is 0. The summed E-state index contributed by atoms with van der Waals surface area (Å²) in [4.78, 5) is 0. The molecule has 0 aliphatic heterocycles. The van der Waals surface area contributed by atoms with Crippen molar-refractivity contribution in [1.82, 2.24) is 0 Å². The van der Waals surface area contributed by atoms with Gasteiger partial charge >= 0.3 is 46.9 Å². The van der Waals surface area contributed by atoms with E-state index in [9.17, 15) is 39.5 Å². The van der Waals surface area contributed by atoms with Gasteiger partial charge in [0.2, 0.25) is 0 Å². The average molecular weight is 655 g/mol. The molecular weight excluding hydrogens is 652 g/mol. The van der Waals surface area contributed by atoms with Gasteiger partial charge in [0.25, 0.3) is 0 Å². The Morgan fingerprint density at radius 1 is 0.440 bits per heavy atom. The molecule has 25 heavy (non-hydrogen) atoms. The molecule has 22 heteroatoms. The zero-order valence-electron chi connectivity index (χ0n) is 10.5. The SMILES string of the molecule is O=S(=O)(O)C(F)(F)F.O=S(=O)(O)C(F)(F)F.O=S(=O)(O)C(F)(F)F.[Tl]. The van der Waals surface area contributed by atoms with E-state index in [-0.39, 0.29) is 27.3 Å². The number of alkyl halides is 9. The van der Waals surface area contributed by atoms with Crippen molar-refractivity contribution in [3.8, 4) is 0 Å². The predicted molar refractivity (Wildman–Crippen MR) is 58.6 cm³/mol. The summed E-state index contributed by atoms with van der Waals surface area (Å²) in [6, 6.07) is 0. The molecule has 0 rings (SSSR count). The molecule has 1 radical (unpaired) electrons. The van der Waals surface area contributed by atoms with Crippen LogP contribution in [0.15, 0.2) is 0 Å². The summed E-state index contributed by atoms with van der Waals surface area (Å²) in [5, 5.41) is 0. The van der Waals surface area contributed by atoms with Crippen LogP contribution in [0.5, 0.6) is 0 Å². The molecule has 9 nitrogen and oxygen atoms in total. The molecule has 0 amide bonds. The fourth-order valence-corrected chi connectivity index (χ4v) is 0. The van der Waals surface area contributed by atoms with Gasteiger partial charge in [-0.2, -0.15) is 64.8 Å². The van der Waals surface area contributed by atoms with Crippen molar-refractivity contribution in [3.63, 3.8) is 0 Å². The van der Waals surface area contributed by atoms with Gasteiger partial charge in [-0.25, -0.2) is 0 Å². The van der Waals surface area contributed by atoms with E-state index < -0.39 is 46.9 Å². The van der Waals surface area contributed by atoms with E-state index in [1.54, 1.807) is 0 Å². The van der Waals surface area contributed by atoms with Crippen LogP contribution in [0.4, 0.5) is 39.5 Å². The van der Waals surface area contributed by atoms with Crippen LogP contribution in [0.2, 0.25) is 0 Å². The Balaban J connectivity index is -0.000000130. The van der Waals surface area contributed by atoms with Crippen LogP contribution < -0.4 is 0 Å². The molecule has 3 N–H and O–H groups in total. The van der Waals surface area contributed by atoms with E-state index in [0.717, 1.165) is 0 Å². The summed E-state index contributed by atoms with van der Waals surface area (Å²) in [6.45, 7) is 0. The van der Waals surface area contributed by atoms with Crippen LogP contribution in [0, 0.1) is 0 Å². The van der Waals surface area contributed by atoms with Gasteiger partial charge in [-0.1, -0.05) is 0 Å². The van der Waals surface area contributed by atoms with Gasteiger partial charge in [0.05, 0.1) is 0 Å². The zero-order valence-corrected chi connectivity index (χ0v) is 17.4. The van der Waals surface area contributed by atoms with Crippen molar-refractivity contribution < 1.29 is 78.4 Å². The van der Waals surface area contributed by atoms with Crippen molar-refractivity contribution in [2.24, 2.45) is 0 Å². The summed E-state index contributed by atoms with van der Waals surface area (Å²) in [7, 11) is -17.5. The van der Waals surface area contributed by atoms with Crippen LogP contribution in [0.25, 0.3) is 0 Å². The Morgan fingerprint density at radius 3 is 0.480 bits per heavy atom. The molecule has 0 atom stereocenters. The second-order valence-corrected chi connectivity index (χ2v) is 7.00. The second-order valence-electron chi connectivity index (χ2n) is 2.76. The van der Waals surface area contributed by atoms with Crippen molar-refractivity contribution in [3.05, 3.63) is 0 Å². The van der Waals surface area contributed by atoms with Crippen molar-refractivity contribution in [1.29, 1.82) is 0 Å². The fourth-order valence-electron chi connectivity index (χ4n) is 0. The maximum Gasteiger partial charge on any atom is 0.522 e. The molecule has 0 heterocycles. The van der Waals surface area contributed by atoms with Crippen LogP contribution in [-0.4, -0.2) is 82.7 Å². The van der Waals surface area contributed by atoms with Crippen LogP contribution in [0.1, 0.15) is 0 Å². The Labute approximate surface area is 152 Å². The molecule has 0 unspecified atom stereocenters. The smallest absolute Gasteiger partial charge is 0.279 e.